The minimum Gasteiger partial charge on any atom is -0.477 e. The first-order valence-corrected chi connectivity index (χ1v) is 15.3. The molecule has 0 unspecified atom stereocenters. The highest BCUT2D eigenvalue weighted by Gasteiger charge is 2.37. The van der Waals surface area contributed by atoms with Gasteiger partial charge in [0.05, 0.1) is 45.8 Å². The summed E-state index contributed by atoms with van der Waals surface area (Å²) in [4.78, 5) is 34.1. The van der Waals surface area contributed by atoms with Crippen LogP contribution in [0, 0.1) is 0 Å². The normalized spacial score (nSPS) is 19.2. The van der Waals surface area contributed by atoms with Crippen molar-refractivity contribution in [2.45, 2.75) is 67.7 Å². The highest BCUT2D eigenvalue weighted by molar-refractivity contribution is 7.92. The summed E-state index contributed by atoms with van der Waals surface area (Å²) in [5.74, 6) is 0.0732. The largest absolute Gasteiger partial charge is 0.477 e. The number of thiazole rings is 1. The number of hydrogen-bond donors (Lipinski definition) is 1. The lowest BCUT2D eigenvalue weighted by Gasteiger charge is -2.35. The summed E-state index contributed by atoms with van der Waals surface area (Å²) in [6, 6.07) is 2.97. The predicted octanol–water partition coefficient (Wildman–Crippen LogP) is 3.68. The fourth-order valence-electron chi connectivity index (χ4n) is 4.74. The molecule has 5 rings (SSSR count). The number of nitrogens with zero attached hydrogens (tertiary/aromatic N) is 5. The van der Waals surface area contributed by atoms with Crippen molar-refractivity contribution in [3.05, 3.63) is 47.6 Å². The predicted molar refractivity (Wildman–Crippen MR) is 144 cm³/mol. The minimum atomic E-state index is -3.38. The molecule has 202 valence electrons. The maximum atomic E-state index is 13.4. The van der Waals surface area contributed by atoms with Crippen LogP contribution in [0.4, 0.5) is 0 Å². The van der Waals surface area contributed by atoms with Crippen LogP contribution in [0.1, 0.15) is 67.0 Å². The summed E-state index contributed by atoms with van der Waals surface area (Å²) in [5.41, 5.74) is 1.12. The van der Waals surface area contributed by atoms with E-state index in [0.29, 0.717) is 48.0 Å². The van der Waals surface area contributed by atoms with Gasteiger partial charge in [-0.1, -0.05) is 6.42 Å². The average molecular weight is 557 g/mol. The van der Waals surface area contributed by atoms with Gasteiger partial charge in [0.1, 0.15) is 5.69 Å². The van der Waals surface area contributed by atoms with Gasteiger partial charge in [0.15, 0.2) is 14.8 Å². The zero-order valence-corrected chi connectivity index (χ0v) is 23.2. The zero-order valence-electron chi connectivity index (χ0n) is 21.5. The molecule has 1 amide bonds. The molecule has 10 nitrogen and oxygen atoms in total. The van der Waals surface area contributed by atoms with Crippen molar-refractivity contribution in [1.29, 1.82) is 0 Å². The quantitative estimate of drug-likeness (QED) is 0.398. The molecule has 12 heteroatoms. The molecule has 0 spiro atoms. The van der Waals surface area contributed by atoms with Crippen LogP contribution in [-0.4, -0.2) is 70.7 Å². The Kier molecular flexibility index (Phi) is 8.01. The van der Waals surface area contributed by atoms with Gasteiger partial charge in [-0.15, -0.1) is 11.3 Å². The number of aromatic nitrogens is 4. The van der Waals surface area contributed by atoms with E-state index in [1.54, 1.807) is 30.7 Å². The molecule has 2 fully saturated rings. The standard InChI is InChI=1S/C26H32N6O4S2/c1-3-36-24-16-27-14-22(30-24)23-15-29-26(37-23)25(33)31-21(12-17-6-4-5-11-32(17)2)20-13-19(9-10-28-20)38(34,35)18-7-8-18/h9-10,13-18,21H,3-8,11-12H2,1-2H3,(H,31,33)/t17-,21-/m1/s1. The second kappa shape index (κ2) is 11.4. The average Bonchev–Trinajstić information content (AvgIpc) is 3.67. The van der Waals surface area contributed by atoms with Gasteiger partial charge >= 0.3 is 0 Å². The number of ether oxygens (including phenoxy) is 1. The highest BCUT2D eigenvalue weighted by Crippen LogP contribution is 2.35. The molecular formula is C26H32N6O4S2. The van der Waals surface area contributed by atoms with E-state index in [0.717, 1.165) is 25.8 Å². The number of rotatable bonds is 10. The molecule has 3 aromatic heterocycles. The molecule has 3 aromatic rings. The molecule has 38 heavy (non-hydrogen) atoms. The van der Waals surface area contributed by atoms with Gasteiger partial charge in [-0.2, -0.15) is 0 Å². The van der Waals surface area contributed by atoms with E-state index in [1.165, 1.54) is 17.5 Å². The highest BCUT2D eigenvalue weighted by atomic mass is 32.2. The van der Waals surface area contributed by atoms with E-state index >= 15 is 0 Å². The Labute approximate surface area is 226 Å². The van der Waals surface area contributed by atoms with Gasteiger partial charge in [-0.3, -0.25) is 14.8 Å². The molecule has 2 atom stereocenters. The number of amides is 1. The number of piperidine rings is 1. The summed E-state index contributed by atoms with van der Waals surface area (Å²) in [5, 5.41) is 3.07. The van der Waals surface area contributed by atoms with Gasteiger partial charge in [-0.25, -0.2) is 18.4 Å². The van der Waals surface area contributed by atoms with E-state index in [-0.39, 0.29) is 27.1 Å². The number of pyridine rings is 1. The molecule has 0 aromatic carbocycles. The lowest BCUT2D eigenvalue weighted by molar-refractivity contribution is 0.0915. The van der Waals surface area contributed by atoms with E-state index in [4.69, 9.17) is 4.74 Å². The van der Waals surface area contributed by atoms with Crippen molar-refractivity contribution >= 4 is 27.1 Å². The van der Waals surface area contributed by atoms with Crippen LogP contribution in [0.3, 0.4) is 0 Å². The van der Waals surface area contributed by atoms with E-state index < -0.39 is 15.9 Å². The van der Waals surface area contributed by atoms with Gasteiger partial charge < -0.3 is 15.0 Å². The third kappa shape index (κ3) is 6.02. The van der Waals surface area contributed by atoms with Crippen LogP contribution >= 0.6 is 11.3 Å². The molecule has 1 saturated heterocycles. The van der Waals surface area contributed by atoms with Crippen LogP contribution in [0.15, 0.2) is 41.8 Å². The Hall–Kier alpha value is -2.96. The molecular weight excluding hydrogens is 524 g/mol. The van der Waals surface area contributed by atoms with Crippen LogP contribution in [0.25, 0.3) is 10.6 Å². The van der Waals surface area contributed by atoms with Crippen molar-refractivity contribution in [3.8, 4) is 16.5 Å². The smallest absolute Gasteiger partial charge is 0.280 e. The zero-order chi connectivity index (χ0) is 26.7. The maximum absolute atomic E-state index is 13.4. The molecule has 4 heterocycles. The third-order valence-corrected chi connectivity index (χ3v) is 10.3. The van der Waals surface area contributed by atoms with E-state index in [2.05, 4.69) is 37.2 Å². The van der Waals surface area contributed by atoms with Crippen LogP contribution < -0.4 is 10.1 Å². The summed E-state index contributed by atoms with van der Waals surface area (Å²) >= 11 is 1.22. The first kappa shape index (κ1) is 26.6. The Morgan fingerprint density at radius 1 is 1.21 bits per heavy atom. The summed E-state index contributed by atoms with van der Waals surface area (Å²) in [6.07, 6.45) is 11.6. The number of nitrogens with one attached hydrogen (secondary N) is 1. The summed E-state index contributed by atoms with van der Waals surface area (Å²) in [7, 11) is -1.29. The topological polar surface area (TPSA) is 127 Å². The minimum absolute atomic E-state index is 0.253. The van der Waals surface area contributed by atoms with Crippen molar-refractivity contribution in [2.75, 3.05) is 20.2 Å². The lowest BCUT2D eigenvalue weighted by Crippen LogP contribution is -2.40. The molecule has 1 N–H and O–H groups in total. The van der Waals surface area contributed by atoms with Crippen molar-refractivity contribution in [3.63, 3.8) is 0 Å². The SMILES string of the molecule is CCOc1cncc(-c2cnc(C(=O)N[C@H](C[C@H]3CCCCN3C)c3cc(S(=O)(=O)C4CC4)ccn3)s2)n1. The fourth-order valence-corrected chi connectivity index (χ4v) is 7.19. The maximum Gasteiger partial charge on any atom is 0.280 e. The molecule has 1 aliphatic heterocycles. The second-order valence-corrected chi connectivity index (χ2v) is 13.0. The van der Waals surface area contributed by atoms with Crippen LogP contribution in [-0.2, 0) is 9.84 Å². The first-order valence-electron chi connectivity index (χ1n) is 13.0. The van der Waals surface area contributed by atoms with Crippen LogP contribution in [0.5, 0.6) is 5.88 Å². The monoisotopic (exact) mass is 556 g/mol. The number of carbonyl (C=O) groups excluding carboxylic acids is 1. The molecule has 1 aliphatic carbocycles. The van der Waals surface area contributed by atoms with Crippen LogP contribution in [0.2, 0.25) is 0 Å². The summed E-state index contributed by atoms with van der Waals surface area (Å²) in [6.45, 7) is 3.34. The Morgan fingerprint density at radius 3 is 2.82 bits per heavy atom. The van der Waals surface area contributed by atoms with Gasteiger partial charge in [-0.05, 0) is 64.8 Å². The van der Waals surface area contributed by atoms with Gasteiger partial charge in [0, 0.05) is 18.4 Å². The Morgan fingerprint density at radius 2 is 2.05 bits per heavy atom. The van der Waals surface area contributed by atoms with Crippen molar-refractivity contribution < 1.29 is 17.9 Å². The van der Waals surface area contributed by atoms with Crippen molar-refractivity contribution in [1.82, 2.24) is 30.2 Å². The summed E-state index contributed by atoms with van der Waals surface area (Å²) < 4.78 is 31.2. The number of hydrogen-bond acceptors (Lipinski definition) is 10. The van der Waals surface area contributed by atoms with E-state index in [1.807, 2.05) is 6.92 Å². The fraction of sp³-hybridized carbons (Fsp3) is 0.500. The number of carbonyl (C=O) groups is 1. The van der Waals surface area contributed by atoms with Crippen molar-refractivity contribution in [2.24, 2.45) is 0 Å². The molecule has 0 radical (unpaired) electrons. The number of likely N-dealkylation sites (tertiary alicyclic amines) is 1. The first-order chi connectivity index (χ1) is 18.3. The third-order valence-electron chi connectivity index (χ3n) is 6.99. The molecule has 2 aliphatic rings. The lowest BCUT2D eigenvalue weighted by atomic mass is 9.94. The number of sulfone groups is 1. The van der Waals surface area contributed by atoms with Gasteiger partial charge in [0.25, 0.3) is 5.91 Å². The molecule has 1 saturated carbocycles. The Bertz CT molecular complexity index is 1390. The second-order valence-electron chi connectivity index (χ2n) is 9.76. The Balaban J connectivity index is 1.39. The van der Waals surface area contributed by atoms with E-state index in [9.17, 15) is 13.2 Å². The molecule has 0 bridgehead atoms. The van der Waals surface area contributed by atoms with Gasteiger partial charge in [0.2, 0.25) is 5.88 Å².